The summed E-state index contributed by atoms with van der Waals surface area (Å²) in [5.41, 5.74) is 0. The van der Waals surface area contributed by atoms with E-state index >= 15 is 0 Å². The van der Waals surface area contributed by atoms with E-state index in [0.29, 0.717) is 6.10 Å². The number of nitrogens with zero attached hydrogens (tertiary/aromatic N) is 1. The Labute approximate surface area is 94.3 Å². The topological polar surface area (TPSA) is 32.7 Å². The van der Waals surface area contributed by atoms with Crippen molar-refractivity contribution >= 4 is 12.0 Å². The van der Waals surface area contributed by atoms with Crippen LogP contribution >= 0.6 is 12.0 Å². The predicted molar refractivity (Wildman–Crippen MR) is 61.5 cm³/mol. The molecule has 0 bridgehead atoms. The molecule has 2 rings (SSSR count). The minimum atomic E-state index is 0.309. The van der Waals surface area contributed by atoms with Crippen molar-refractivity contribution < 1.29 is 9.29 Å². The normalized spacial score (nSPS) is 17.5. The number of ether oxygens (including phenoxy) is 1. The molecule has 15 heavy (non-hydrogen) atoms. The van der Waals surface area contributed by atoms with Gasteiger partial charge < -0.3 is 9.29 Å². The van der Waals surface area contributed by atoms with E-state index < -0.39 is 0 Å². The SMILES string of the molecule is CCN1CC(Oc2cccc(SO)c2)C1. The molecule has 1 aromatic rings. The highest BCUT2D eigenvalue weighted by atomic mass is 32.2. The van der Waals surface area contributed by atoms with Gasteiger partial charge in [-0.1, -0.05) is 13.0 Å². The average Bonchev–Trinajstić information content (AvgIpc) is 2.23. The molecule has 1 heterocycles. The van der Waals surface area contributed by atoms with E-state index in [4.69, 9.17) is 9.29 Å². The summed E-state index contributed by atoms with van der Waals surface area (Å²) in [5.74, 6) is 0.842. The van der Waals surface area contributed by atoms with Crippen LogP contribution in [0.5, 0.6) is 5.75 Å². The first-order chi connectivity index (χ1) is 7.31. The monoisotopic (exact) mass is 225 g/mol. The molecule has 0 spiro atoms. The summed E-state index contributed by atoms with van der Waals surface area (Å²) in [6, 6.07) is 7.54. The van der Waals surface area contributed by atoms with Crippen LogP contribution in [0.1, 0.15) is 6.92 Å². The molecule has 0 radical (unpaired) electrons. The Balaban J connectivity index is 1.88. The zero-order chi connectivity index (χ0) is 10.7. The standard InChI is InChI=1S/C11H15NO2S/c1-2-12-7-10(8-12)14-9-4-3-5-11(6-9)15-13/h3-6,10,13H,2,7-8H2,1H3. The number of likely N-dealkylation sites (N-methyl/N-ethyl adjacent to an activating group) is 1. The van der Waals surface area contributed by atoms with E-state index in [1.54, 1.807) is 0 Å². The quantitative estimate of drug-likeness (QED) is 0.797. The lowest BCUT2D eigenvalue weighted by atomic mass is 10.2. The van der Waals surface area contributed by atoms with E-state index in [2.05, 4.69) is 11.8 Å². The van der Waals surface area contributed by atoms with Crippen LogP contribution in [0.2, 0.25) is 0 Å². The molecule has 0 unspecified atom stereocenters. The number of likely N-dealkylation sites (tertiary alicyclic amines) is 1. The van der Waals surface area contributed by atoms with Crippen LogP contribution < -0.4 is 4.74 Å². The van der Waals surface area contributed by atoms with E-state index in [0.717, 1.165) is 42.3 Å². The highest BCUT2D eigenvalue weighted by molar-refractivity contribution is 7.93. The third kappa shape index (κ3) is 2.65. The van der Waals surface area contributed by atoms with E-state index in [-0.39, 0.29) is 0 Å². The van der Waals surface area contributed by atoms with Crippen molar-refractivity contribution in [2.45, 2.75) is 17.9 Å². The Kier molecular flexibility index (Phi) is 3.51. The third-order valence-corrected chi connectivity index (χ3v) is 3.05. The van der Waals surface area contributed by atoms with Crippen molar-refractivity contribution in [3.05, 3.63) is 24.3 Å². The summed E-state index contributed by atoms with van der Waals surface area (Å²) in [5, 5.41) is 0. The molecule has 1 saturated heterocycles. The van der Waals surface area contributed by atoms with Gasteiger partial charge in [0.05, 0.1) is 0 Å². The van der Waals surface area contributed by atoms with Crippen molar-refractivity contribution in [2.24, 2.45) is 0 Å². The van der Waals surface area contributed by atoms with Gasteiger partial charge in [0.15, 0.2) is 0 Å². The maximum absolute atomic E-state index is 8.90. The van der Waals surface area contributed by atoms with E-state index in [1.165, 1.54) is 0 Å². The Morgan fingerprint density at radius 2 is 2.33 bits per heavy atom. The van der Waals surface area contributed by atoms with Gasteiger partial charge in [-0.25, -0.2) is 0 Å². The molecule has 1 aromatic carbocycles. The van der Waals surface area contributed by atoms with E-state index in [1.807, 2.05) is 24.3 Å². The second kappa shape index (κ2) is 4.88. The van der Waals surface area contributed by atoms with Gasteiger partial charge in [-0.2, -0.15) is 0 Å². The Morgan fingerprint density at radius 3 is 3.00 bits per heavy atom. The smallest absolute Gasteiger partial charge is 0.124 e. The fraction of sp³-hybridized carbons (Fsp3) is 0.455. The molecule has 0 aromatic heterocycles. The average molecular weight is 225 g/mol. The Bertz CT molecular complexity index is 326. The second-order valence-electron chi connectivity index (χ2n) is 3.66. The highest BCUT2D eigenvalue weighted by Gasteiger charge is 2.26. The molecule has 0 aliphatic carbocycles. The number of rotatable bonds is 4. The number of hydrogen-bond acceptors (Lipinski definition) is 4. The van der Waals surface area contributed by atoms with Gasteiger partial charge in [-0.05, 0) is 24.7 Å². The van der Waals surface area contributed by atoms with Crippen LogP contribution in [0.3, 0.4) is 0 Å². The van der Waals surface area contributed by atoms with Gasteiger partial charge in [0.1, 0.15) is 11.9 Å². The summed E-state index contributed by atoms with van der Waals surface area (Å²) < 4.78 is 14.7. The highest BCUT2D eigenvalue weighted by Crippen LogP contribution is 2.23. The largest absolute Gasteiger partial charge is 0.488 e. The summed E-state index contributed by atoms with van der Waals surface area (Å²) in [6.07, 6.45) is 0.309. The minimum Gasteiger partial charge on any atom is -0.488 e. The molecule has 0 amide bonds. The molecule has 1 aliphatic heterocycles. The van der Waals surface area contributed by atoms with Crippen molar-refractivity contribution in [3.8, 4) is 5.75 Å². The Morgan fingerprint density at radius 1 is 1.53 bits per heavy atom. The Hall–Kier alpha value is -0.710. The van der Waals surface area contributed by atoms with Crippen molar-refractivity contribution in [2.75, 3.05) is 19.6 Å². The summed E-state index contributed by atoms with van der Waals surface area (Å²) in [4.78, 5) is 3.15. The van der Waals surface area contributed by atoms with Crippen molar-refractivity contribution in [1.29, 1.82) is 0 Å². The van der Waals surface area contributed by atoms with Crippen LogP contribution in [0.4, 0.5) is 0 Å². The number of hydrogen-bond donors (Lipinski definition) is 1. The molecule has 82 valence electrons. The van der Waals surface area contributed by atoms with Crippen LogP contribution in [-0.2, 0) is 0 Å². The molecule has 1 N–H and O–H groups in total. The van der Waals surface area contributed by atoms with Gasteiger partial charge >= 0.3 is 0 Å². The lowest BCUT2D eigenvalue weighted by Gasteiger charge is -2.38. The molecule has 1 fully saturated rings. The molecule has 0 atom stereocenters. The summed E-state index contributed by atoms with van der Waals surface area (Å²) >= 11 is 0.750. The molecule has 3 nitrogen and oxygen atoms in total. The molecule has 1 aliphatic rings. The molecular weight excluding hydrogens is 210 g/mol. The summed E-state index contributed by atoms with van der Waals surface area (Å²) in [6.45, 7) is 5.26. The lowest BCUT2D eigenvalue weighted by molar-refractivity contribution is 0.0237. The van der Waals surface area contributed by atoms with Crippen LogP contribution in [0.25, 0.3) is 0 Å². The lowest BCUT2D eigenvalue weighted by Crippen LogP contribution is -2.53. The predicted octanol–water partition coefficient (Wildman–Crippen LogP) is 2.33. The van der Waals surface area contributed by atoms with Crippen molar-refractivity contribution in [1.82, 2.24) is 4.90 Å². The maximum atomic E-state index is 8.90. The fourth-order valence-electron chi connectivity index (χ4n) is 1.65. The van der Waals surface area contributed by atoms with Gasteiger partial charge in [0, 0.05) is 30.0 Å². The minimum absolute atomic E-state index is 0.309. The molecule has 0 saturated carbocycles. The molecule has 4 heteroatoms. The van der Waals surface area contributed by atoms with Gasteiger partial charge in [-0.3, -0.25) is 4.90 Å². The van der Waals surface area contributed by atoms with Crippen LogP contribution in [-0.4, -0.2) is 35.2 Å². The van der Waals surface area contributed by atoms with Gasteiger partial charge in [0.2, 0.25) is 0 Å². The van der Waals surface area contributed by atoms with Crippen molar-refractivity contribution in [3.63, 3.8) is 0 Å². The van der Waals surface area contributed by atoms with Gasteiger partial charge in [0.25, 0.3) is 0 Å². The zero-order valence-electron chi connectivity index (χ0n) is 8.72. The second-order valence-corrected chi connectivity index (χ2v) is 4.31. The fourth-order valence-corrected chi connectivity index (χ4v) is 1.96. The van der Waals surface area contributed by atoms with Crippen LogP contribution in [0.15, 0.2) is 29.2 Å². The molecular formula is C11H15NO2S. The van der Waals surface area contributed by atoms with Crippen LogP contribution in [0, 0.1) is 0 Å². The number of benzene rings is 1. The summed E-state index contributed by atoms with van der Waals surface area (Å²) in [7, 11) is 0. The first kappa shape index (κ1) is 10.8. The third-order valence-electron chi connectivity index (χ3n) is 2.58. The maximum Gasteiger partial charge on any atom is 0.124 e. The first-order valence-electron chi connectivity index (χ1n) is 5.12. The first-order valence-corrected chi connectivity index (χ1v) is 5.89. The van der Waals surface area contributed by atoms with Gasteiger partial charge in [-0.15, -0.1) is 0 Å². The zero-order valence-corrected chi connectivity index (χ0v) is 9.54. The van der Waals surface area contributed by atoms with E-state index in [9.17, 15) is 0 Å².